The summed E-state index contributed by atoms with van der Waals surface area (Å²) in [6.07, 6.45) is 53.3. The van der Waals surface area contributed by atoms with E-state index in [-0.39, 0.29) is 0 Å². The van der Waals surface area contributed by atoms with Crippen LogP contribution in [-0.2, 0) is 0 Å². The molecule has 16 rings (SSSR count). The number of hydrogen-bond donors (Lipinski definition) is 0. The maximum Gasteiger partial charge on any atom is -0.0406 e. The maximum absolute atomic E-state index is 1.60. The molecule has 16 aliphatic rings. The van der Waals surface area contributed by atoms with E-state index in [1.807, 2.05) is 0 Å². The molecule has 0 aromatic rings. The van der Waals surface area contributed by atoms with E-state index < -0.39 is 0 Å². The third kappa shape index (κ3) is 9.90. The van der Waals surface area contributed by atoms with Gasteiger partial charge >= 0.3 is 0 Å². The summed E-state index contributed by atoms with van der Waals surface area (Å²) in [6.45, 7) is 0. The van der Waals surface area contributed by atoms with Crippen molar-refractivity contribution in [2.45, 2.75) is 218 Å². The van der Waals surface area contributed by atoms with E-state index in [1.54, 1.807) is 199 Å². The first-order chi connectivity index (χ1) is 23.6. The van der Waals surface area contributed by atoms with Crippen LogP contribution in [0, 0.1) is 82.9 Å². The summed E-state index contributed by atoms with van der Waals surface area (Å²) in [5, 5.41) is 0. The van der Waals surface area contributed by atoms with Gasteiger partial charge in [0.15, 0.2) is 0 Å². The molecule has 16 saturated carbocycles. The third-order valence-electron chi connectivity index (χ3n) is 17.9. The second-order valence-electron chi connectivity index (χ2n) is 21.6. The van der Waals surface area contributed by atoms with Gasteiger partial charge in [0.2, 0.25) is 0 Å². The predicted molar refractivity (Wildman–Crippen MR) is 206 cm³/mol. The van der Waals surface area contributed by atoms with Gasteiger partial charge in [-0.25, -0.2) is 0 Å². The van der Waals surface area contributed by atoms with E-state index in [4.69, 9.17) is 0 Å². The van der Waals surface area contributed by atoms with Gasteiger partial charge in [0.1, 0.15) is 0 Å². The molecule has 0 heterocycles. The van der Waals surface area contributed by atoms with Crippen LogP contribution in [0.25, 0.3) is 0 Å². The molecule has 0 heteroatoms. The fourth-order valence-corrected chi connectivity index (χ4v) is 15.3. The highest BCUT2D eigenvalue weighted by atomic mass is 14.5. The highest BCUT2D eigenvalue weighted by Gasteiger charge is 2.42. The highest BCUT2D eigenvalue weighted by molar-refractivity contribution is 4.93. The zero-order valence-electron chi connectivity index (χ0n) is 32.1. The maximum atomic E-state index is 1.60. The Labute approximate surface area is 300 Å². The average molecular weight is 659 g/mol. The lowest BCUT2D eigenvalue weighted by atomic mass is 9.56. The molecule has 0 spiro atoms. The van der Waals surface area contributed by atoms with E-state index in [2.05, 4.69) is 0 Å². The Balaban J connectivity index is 0.0000000846. The van der Waals surface area contributed by atoms with Crippen LogP contribution in [0.3, 0.4) is 0 Å². The molecule has 0 saturated heterocycles. The van der Waals surface area contributed by atoms with Crippen LogP contribution in [-0.4, -0.2) is 0 Å². The fraction of sp³-hybridized carbons (Fsp3) is 1.00. The molecule has 2 unspecified atom stereocenters. The van der Waals surface area contributed by atoms with Crippen LogP contribution >= 0.6 is 0 Å². The Hall–Kier alpha value is 0. The van der Waals surface area contributed by atoms with Gasteiger partial charge in [-0.3, -0.25) is 0 Å². The van der Waals surface area contributed by atoms with Crippen molar-refractivity contribution < 1.29 is 0 Å². The molecule has 0 N–H and O–H groups in total. The summed E-state index contributed by atoms with van der Waals surface area (Å²) < 4.78 is 0. The fourth-order valence-electron chi connectivity index (χ4n) is 15.3. The second-order valence-corrected chi connectivity index (χ2v) is 21.6. The molecule has 0 radical (unpaired) electrons. The van der Waals surface area contributed by atoms with E-state index >= 15 is 0 Å². The van der Waals surface area contributed by atoms with Crippen LogP contribution in [0.2, 0.25) is 0 Å². The van der Waals surface area contributed by atoms with Crippen LogP contribution in [0.1, 0.15) is 218 Å². The van der Waals surface area contributed by atoms with Gasteiger partial charge in [0.05, 0.1) is 0 Å². The minimum absolute atomic E-state index is 1.15. The van der Waals surface area contributed by atoms with Crippen molar-refractivity contribution in [1.29, 1.82) is 0 Å². The Bertz CT molecular complexity index is 776. The highest BCUT2D eigenvalue weighted by Crippen LogP contribution is 2.53. The SMILES string of the molecule is C1C2CC3CC1CC(C2)C3.C1CC2CC1C2.C1CC2CCC(C1)C2.C1CC2CCC1C2.C1CC2CCC1CC2.C1CC2CCCC(C1)C2. The lowest BCUT2D eigenvalue weighted by molar-refractivity contribution is 0.0198. The molecule has 0 nitrogen and oxygen atoms in total. The minimum Gasteiger partial charge on any atom is -0.0528 e. The topological polar surface area (TPSA) is 0 Å². The molecule has 0 aromatic carbocycles. The summed E-state index contributed by atoms with van der Waals surface area (Å²) in [7, 11) is 0. The van der Waals surface area contributed by atoms with E-state index in [0.29, 0.717) is 0 Å². The van der Waals surface area contributed by atoms with E-state index in [9.17, 15) is 0 Å². The van der Waals surface area contributed by atoms with Gasteiger partial charge in [-0.15, -0.1) is 0 Å². The van der Waals surface area contributed by atoms with Gasteiger partial charge in [-0.05, 0) is 153 Å². The first kappa shape index (κ1) is 35.1. The predicted octanol–water partition coefficient (Wildman–Crippen LogP) is 15.0. The molecule has 16 fully saturated rings. The normalized spacial score (nSPS) is 48.5. The lowest BCUT2D eigenvalue weighted by Crippen LogP contribution is -2.38. The average Bonchev–Trinajstić information content (AvgIpc) is 3.97. The summed E-state index contributed by atoms with van der Waals surface area (Å²) in [4.78, 5) is 0. The summed E-state index contributed by atoms with van der Waals surface area (Å²) >= 11 is 0. The zero-order valence-corrected chi connectivity index (χ0v) is 32.1. The smallest absolute Gasteiger partial charge is 0.0406 e. The van der Waals surface area contributed by atoms with E-state index in [0.717, 1.165) is 35.5 Å². The zero-order chi connectivity index (χ0) is 32.1. The third-order valence-corrected chi connectivity index (χ3v) is 17.9. The molecular weight excluding hydrogens is 577 g/mol. The molecule has 0 amide bonds. The Morgan fingerprint density at radius 3 is 0.479 bits per heavy atom. The molecule has 2 atom stereocenters. The van der Waals surface area contributed by atoms with Gasteiger partial charge in [0, 0.05) is 0 Å². The van der Waals surface area contributed by atoms with Gasteiger partial charge in [-0.1, -0.05) is 148 Å². The van der Waals surface area contributed by atoms with Crippen molar-refractivity contribution in [3.05, 3.63) is 0 Å². The lowest BCUT2D eigenvalue weighted by Gasteiger charge is -2.49. The Morgan fingerprint density at radius 1 is 0.125 bits per heavy atom. The quantitative estimate of drug-likeness (QED) is 0.243. The Kier molecular flexibility index (Phi) is 12.6. The summed E-state index contributed by atoms with van der Waals surface area (Å²) in [6, 6.07) is 0. The molecule has 0 aromatic heterocycles. The van der Waals surface area contributed by atoms with Crippen LogP contribution in [0.4, 0.5) is 0 Å². The molecule has 274 valence electrons. The monoisotopic (exact) mass is 659 g/mol. The summed E-state index contributed by atoms with van der Waals surface area (Å²) in [5.74, 6) is 16.4. The van der Waals surface area contributed by atoms with Crippen LogP contribution in [0.15, 0.2) is 0 Å². The summed E-state index contributed by atoms with van der Waals surface area (Å²) in [5.41, 5.74) is 0. The van der Waals surface area contributed by atoms with Crippen molar-refractivity contribution in [1.82, 2.24) is 0 Å². The van der Waals surface area contributed by atoms with Gasteiger partial charge < -0.3 is 0 Å². The first-order valence-electron chi connectivity index (χ1n) is 23.6. The number of rotatable bonds is 0. The van der Waals surface area contributed by atoms with Crippen molar-refractivity contribution in [3.8, 4) is 0 Å². The van der Waals surface area contributed by atoms with Gasteiger partial charge in [-0.2, -0.15) is 0 Å². The van der Waals surface area contributed by atoms with Crippen LogP contribution < -0.4 is 0 Å². The van der Waals surface area contributed by atoms with E-state index in [1.165, 1.54) is 66.6 Å². The molecule has 16 aliphatic carbocycles. The van der Waals surface area contributed by atoms with Crippen molar-refractivity contribution in [2.24, 2.45) is 82.9 Å². The molecular formula is C48H82. The number of hydrogen-bond acceptors (Lipinski definition) is 0. The second kappa shape index (κ2) is 17.2. The van der Waals surface area contributed by atoms with Gasteiger partial charge in [0.25, 0.3) is 0 Å². The molecule has 48 heavy (non-hydrogen) atoms. The van der Waals surface area contributed by atoms with Crippen molar-refractivity contribution in [3.63, 3.8) is 0 Å². The van der Waals surface area contributed by atoms with Crippen molar-refractivity contribution >= 4 is 0 Å². The minimum atomic E-state index is 1.15. The van der Waals surface area contributed by atoms with Crippen LogP contribution in [0.5, 0.6) is 0 Å². The Morgan fingerprint density at radius 2 is 0.292 bits per heavy atom. The largest absolute Gasteiger partial charge is 0.0528 e. The molecule has 14 bridgehead atoms. The van der Waals surface area contributed by atoms with Crippen molar-refractivity contribution in [2.75, 3.05) is 0 Å². The first-order valence-corrected chi connectivity index (χ1v) is 23.6. The number of fused-ring (bicyclic) bond motifs is 10. The molecule has 0 aliphatic heterocycles. The standard InChI is InChI=1S/C10H16.C9H16.2C8H14.C7H12.C6H10/c1-7-2-9-4-8(1)5-10(3-7)6-9;1-3-8-5-2-6-9(4-1)7-8;1-2-8-5-3-7(1)4-6-8;1-2-7-4-5-8(3-1)6-7;1-2-7-4-3-6(1)5-7;1-2-6-3-5(1)4-6/h7-10H,1-6H2;8-9H,1-7H2;2*7-8H,1-6H2;6-7H,1-5H2;5-6H,1-4H2.